The number of halogens is 3. The van der Waals surface area contributed by atoms with E-state index in [2.05, 4.69) is 10.1 Å². The van der Waals surface area contributed by atoms with Crippen molar-refractivity contribution in [2.24, 2.45) is 0 Å². The normalized spacial score (nSPS) is 13.5. The topological polar surface area (TPSA) is 30.7 Å². The van der Waals surface area contributed by atoms with Crippen LogP contribution in [0.1, 0.15) is 12.1 Å². The highest BCUT2D eigenvalue weighted by Gasteiger charge is 2.26. The fraction of sp³-hybridized carbons (Fsp3) is 0.158. The van der Waals surface area contributed by atoms with Gasteiger partial charge in [-0.25, -0.2) is 18.2 Å². The largest absolute Gasteiger partial charge is 0.268 e. The smallest absolute Gasteiger partial charge is 0.161 e. The third-order valence-corrected chi connectivity index (χ3v) is 5.52. The Labute approximate surface area is 150 Å². The van der Waals surface area contributed by atoms with Crippen molar-refractivity contribution >= 4 is 21.6 Å². The highest BCUT2D eigenvalue weighted by atomic mass is 32.1. The molecule has 0 saturated heterocycles. The molecule has 0 spiro atoms. The lowest BCUT2D eigenvalue weighted by molar-refractivity contribution is 0.496. The number of benzene rings is 2. The summed E-state index contributed by atoms with van der Waals surface area (Å²) in [6.45, 7) is 0.733. The molecule has 0 amide bonds. The molecule has 7 heteroatoms. The van der Waals surface area contributed by atoms with Gasteiger partial charge < -0.3 is 0 Å². The molecule has 26 heavy (non-hydrogen) atoms. The van der Waals surface area contributed by atoms with E-state index in [0.29, 0.717) is 11.8 Å². The molecule has 4 aromatic rings. The van der Waals surface area contributed by atoms with Crippen molar-refractivity contribution in [3.05, 3.63) is 59.0 Å². The van der Waals surface area contributed by atoms with E-state index in [4.69, 9.17) is 0 Å². The number of hydrogen-bond donors (Lipinski definition) is 0. The fourth-order valence-corrected chi connectivity index (χ4v) is 4.25. The summed E-state index contributed by atoms with van der Waals surface area (Å²) in [5, 5.41) is 4.51. The number of rotatable bonds is 2. The van der Waals surface area contributed by atoms with E-state index < -0.39 is 17.5 Å². The van der Waals surface area contributed by atoms with Crippen molar-refractivity contribution in [1.29, 1.82) is 0 Å². The summed E-state index contributed by atoms with van der Waals surface area (Å²) < 4.78 is 44.4. The van der Waals surface area contributed by atoms with Gasteiger partial charge in [-0.3, -0.25) is 4.68 Å². The van der Waals surface area contributed by atoms with Gasteiger partial charge in [-0.15, -0.1) is 11.3 Å². The van der Waals surface area contributed by atoms with Gasteiger partial charge >= 0.3 is 0 Å². The van der Waals surface area contributed by atoms with Crippen molar-refractivity contribution in [1.82, 2.24) is 14.8 Å². The Balaban J connectivity index is 1.78. The fourth-order valence-electron chi connectivity index (χ4n) is 3.54. The van der Waals surface area contributed by atoms with Gasteiger partial charge in [-0.05, 0) is 36.6 Å². The lowest BCUT2D eigenvalue weighted by Gasteiger charge is -2.07. The van der Waals surface area contributed by atoms with Crippen LogP contribution in [-0.4, -0.2) is 14.8 Å². The SMILES string of the molecule is Fc1cc(F)c(-c2nn3c(c2-c2ccc4ncsc4c2)CCC3)cc1F. The Bertz CT molecular complexity index is 1160. The summed E-state index contributed by atoms with van der Waals surface area (Å²) in [6.07, 6.45) is 1.77. The Morgan fingerprint density at radius 1 is 1.00 bits per heavy atom. The molecule has 2 aromatic heterocycles. The summed E-state index contributed by atoms with van der Waals surface area (Å²) in [6, 6.07) is 7.28. The van der Waals surface area contributed by atoms with Crippen LogP contribution < -0.4 is 0 Å². The average Bonchev–Trinajstić information content (AvgIpc) is 3.32. The van der Waals surface area contributed by atoms with E-state index in [1.54, 1.807) is 5.51 Å². The number of nitrogens with zero attached hydrogens (tertiary/aromatic N) is 3. The predicted molar refractivity (Wildman–Crippen MR) is 94.5 cm³/mol. The molecule has 1 aliphatic rings. The molecule has 0 N–H and O–H groups in total. The lowest BCUT2D eigenvalue weighted by Crippen LogP contribution is -1.96. The maximum atomic E-state index is 14.4. The minimum absolute atomic E-state index is 0.0230. The van der Waals surface area contributed by atoms with E-state index in [9.17, 15) is 13.2 Å². The standard InChI is InChI=1S/C19H12F3N3S/c20-12-8-14(22)13(21)7-11(12)19-18(16-2-1-5-25(16)24-19)10-3-4-15-17(6-10)26-9-23-15/h3-4,6-9H,1-2,5H2. The van der Waals surface area contributed by atoms with Crippen LogP contribution in [-0.2, 0) is 13.0 Å². The monoisotopic (exact) mass is 371 g/mol. The minimum Gasteiger partial charge on any atom is -0.268 e. The molecule has 130 valence electrons. The summed E-state index contributed by atoms with van der Waals surface area (Å²) in [4.78, 5) is 4.28. The van der Waals surface area contributed by atoms with Crippen molar-refractivity contribution < 1.29 is 13.2 Å². The summed E-state index contributed by atoms with van der Waals surface area (Å²) in [7, 11) is 0. The third-order valence-electron chi connectivity index (χ3n) is 4.73. The van der Waals surface area contributed by atoms with Gasteiger partial charge in [0.05, 0.1) is 15.7 Å². The molecular formula is C19H12F3N3S. The molecule has 3 nitrogen and oxygen atoms in total. The van der Waals surface area contributed by atoms with Gasteiger partial charge in [0.15, 0.2) is 11.6 Å². The molecule has 0 bridgehead atoms. The van der Waals surface area contributed by atoms with E-state index in [0.717, 1.165) is 52.5 Å². The van der Waals surface area contributed by atoms with Crippen LogP contribution in [0.4, 0.5) is 13.2 Å². The molecule has 0 fully saturated rings. The molecular weight excluding hydrogens is 359 g/mol. The van der Waals surface area contributed by atoms with Crippen molar-refractivity contribution in [3.8, 4) is 22.4 Å². The number of aromatic nitrogens is 3. The molecule has 0 atom stereocenters. The Morgan fingerprint density at radius 3 is 2.73 bits per heavy atom. The molecule has 2 aromatic carbocycles. The van der Waals surface area contributed by atoms with Crippen LogP contribution in [0.5, 0.6) is 0 Å². The first kappa shape index (κ1) is 15.6. The first-order chi connectivity index (χ1) is 12.6. The van der Waals surface area contributed by atoms with E-state index in [1.807, 2.05) is 22.9 Å². The zero-order chi connectivity index (χ0) is 17.8. The molecule has 0 unspecified atom stereocenters. The molecule has 0 radical (unpaired) electrons. The van der Waals surface area contributed by atoms with Crippen LogP contribution >= 0.6 is 11.3 Å². The van der Waals surface area contributed by atoms with Gasteiger partial charge in [-0.1, -0.05) is 6.07 Å². The maximum absolute atomic E-state index is 14.4. The molecule has 0 saturated carbocycles. The zero-order valence-electron chi connectivity index (χ0n) is 13.5. The summed E-state index contributed by atoms with van der Waals surface area (Å²) in [5.41, 5.74) is 5.64. The van der Waals surface area contributed by atoms with Gasteiger partial charge in [-0.2, -0.15) is 5.10 Å². The molecule has 0 aliphatic carbocycles. The number of fused-ring (bicyclic) bond motifs is 2. The number of aryl methyl sites for hydroxylation is 1. The maximum Gasteiger partial charge on any atom is 0.161 e. The quantitative estimate of drug-likeness (QED) is 0.454. The van der Waals surface area contributed by atoms with Crippen LogP contribution in [0.3, 0.4) is 0 Å². The van der Waals surface area contributed by atoms with Crippen LogP contribution in [0.2, 0.25) is 0 Å². The Hall–Kier alpha value is -2.67. The van der Waals surface area contributed by atoms with Gasteiger partial charge in [0, 0.05) is 29.4 Å². The third kappa shape index (κ3) is 2.27. The molecule has 1 aliphatic heterocycles. The second kappa shape index (κ2) is 5.67. The summed E-state index contributed by atoms with van der Waals surface area (Å²) >= 11 is 1.52. The zero-order valence-corrected chi connectivity index (χ0v) is 14.3. The predicted octanol–water partition coefficient (Wildman–Crippen LogP) is 5.19. The van der Waals surface area contributed by atoms with E-state index >= 15 is 0 Å². The number of hydrogen-bond acceptors (Lipinski definition) is 3. The molecule has 3 heterocycles. The van der Waals surface area contributed by atoms with E-state index in [1.165, 1.54) is 11.3 Å². The molecule has 5 rings (SSSR count). The minimum atomic E-state index is -1.20. The van der Waals surface area contributed by atoms with Crippen LogP contribution in [0.25, 0.3) is 32.6 Å². The van der Waals surface area contributed by atoms with Gasteiger partial charge in [0.25, 0.3) is 0 Å². The van der Waals surface area contributed by atoms with E-state index in [-0.39, 0.29) is 5.56 Å². The van der Waals surface area contributed by atoms with Gasteiger partial charge in [0.2, 0.25) is 0 Å². The van der Waals surface area contributed by atoms with Crippen LogP contribution in [0.15, 0.2) is 35.8 Å². The number of thiazole rings is 1. The second-order valence-electron chi connectivity index (χ2n) is 6.28. The average molecular weight is 371 g/mol. The second-order valence-corrected chi connectivity index (χ2v) is 7.16. The first-order valence-corrected chi connectivity index (χ1v) is 9.08. The Kier molecular flexibility index (Phi) is 3.40. The Morgan fingerprint density at radius 2 is 1.85 bits per heavy atom. The highest BCUT2D eigenvalue weighted by Crippen LogP contribution is 2.40. The van der Waals surface area contributed by atoms with Crippen molar-refractivity contribution in [2.45, 2.75) is 19.4 Å². The lowest BCUT2D eigenvalue weighted by atomic mass is 9.97. The van der Waals surface area contributed by atoms with Crippen molar-refractivity contribution in [2.75, 3.05) is 0 Å². The first-order valence-electron chi connectivity index (χ1n) is 8.20. The van der Waals surface area contributed by atoms with Crippen LogP contribution in [0, 0.1) is 17.5 Å². The van der Waals surface area contributed by atoms with Gasteiger partial charge in [0.1, 0.15) is 11.5 Å². The highest BCUT2D eigenvalue weighted by molar-refractivity contribution is 7.16. The summed E-state index contributed by atoms with van der Waals surface area (Å²) in [5.74, 6) is -3.11. The van der Waals surface area contributed by atoms with Crippen molar-refractivity contribution in [3.63, 3.8) is 0 Å².